The van der Waals surface area contributed by atoms with Crippen LogP contribution in [0.15, 0.2) is 40.3 Å². The van der Waals surface area contributed by atoms with E-state index in [0.29, 0.717) is 10.9 Å². The maximum atomic E-state index is 12.4. The molecule has 0 unspecified atom stereocenters. The van der Waals surface area contributed by atoms with Crippen LogP contribution in [0.5, 0.6) is 17.2 Å². The molecule has 0 atom stereocenters. The Morgan fingerprint density at radius 3 is 2.23 bits per heavy atom. The highest BCUT2D eigenvalue weighted by atomic mass is 35.5. The normalized spacial score (nSPS) is 11.4. The number of benzene rings is 2. The molecule has 3 N–H and O–H groups in total. The summed E-state index contributed by atoms with van der Waals surface area (Å²) in [5.41, 5.74) is 6.55. The van der Waals surface area contributed by atoms with Gasteiger partial charge < -0.3 is 19.9 Å². The van der Waals surface area contributed by atoms with Gasteiger partial charge in [0.05, 0.1) is 37.5 Å². The van der Waals surface area contributed by atoms with Gasteiger partial charge in [-0.3, -0.25) is 5.41 Å². The number of nitrogens with two attached hydrogens (primary N) is 1. The third kappa shape index (κ3) is 5.12. The van der Waals surface area contributed by atoms with Crippen LogP contribution in [0.1, 0.15) is 11.1 Å². The van der Waals surface area contributed by atoms with Crippen LogP contribution in [-0.2, 0) is 14.4 Å². The molecular formula is C18H21ClN4O6S. The maximum absolute atomic E-state index is 12.4. The Bertz CT molecular complexity index is 1060. The summed E-state index contributed by atoms with van der Waals surface area (Å²) in [7, 11) is -0.0468. The van der Waals surface area contributed by atoms with Gasteiger partial charge in [0.1, 0.15) is 0 Å². The zero-order valence-corrected chi connectivity index (χ0v) is 18.2. The van der Waals surface area contributed by atoms with Gasteiger partial charge in [0.25, 0.3) is 0 Å². The quantitative estimate of drug-likeness (QED) is 0.351. The van der Waals surface area contributed by atoms with Gasteiger partial charge in [-0.25, -0.2) is 0 Å². The number of hydrogen-bond acceptors (Lipinski definition) is 8. The van der Waals surface area contributed by atoms with Crippen LogP contribution in [0.2, 0.25) is 5.02 Å². The van der Waals surface area contributed by atoms with E-state index in [2.05, 4.69) is 5.10 Å². The molecule has 0 aliphatic rings. The first-order valence-electron chi connectivity index (χ1n) is 8.32. The molecule has 0 aromatic heterocycles. The van der Waals surface area contributed by atoms with Crippen molar-refractivity contribution in [1.29, 1.82) is 5.41 Å². The zero-order chi connectivity index (χ0) is 22.5. The van der Waals surface area contributed by atoms with Crippen molar-refractivity contribution in [1.82, 2.24) is 5.17 Å². The van der Waals surface area contributed by atoms with Crippen molar-refractivity contribution >= 4 is 33.9 Å². The fourth-order valence-electron chi connectivity index (χ4n) is 2.31. The molecule has 0 spiro atoms. The van der Waals surface area contributed by atoms with Crippen LogP contribution >= 0.6 is 11.6 Å². The topological polar surface area (TPSA) is 137 Å². The summed E-state index contributed by atoms with van der Waals surface area (Å²) in [5, 5.41) is 11.8. The second kappa shape index (κ2) is 9.65. The lowest BCUT2D eigenvalue weighted by atomic mass is 10.2. The molecule has 10 nitrogen and oxygen atoms in total. The van der Waals surface area contributed by atoms with Gasteiger partial charge in [-0.15, -0.1) is 9.39 Å². The summed E-state index contributed by atoms with van der Waals surface area (Å²) in [6.07, 6.45) is 1.14. The van der Waals surface area contributed by atoms with E-state index in [-0.39, 0.29) is 27.0 Å². The summed E-state index contributed by atoms with van der Waals surface area (Å²) in [4.78, 5) is -0.125. The molecule has 162 valence electrons. The highest BCUT2D eigenvalue weighted by Crippen LogP contribution is 2.44. The van der Waals surface area contributed by atoms with Gasteiger partial charge >= 0.3 is 10.1 Å². The van der Waals surface area contributed by atoms with E-state index in [0.717, 1.165) is 11.8 Å². The van der Waals surface area contributed by atoms with E-state index in [1.54, 1.807) is 12.1 Å². The first kappa shape index (κ1) is 23.3. The SMILES string of the molecule is COc1cc(C=NN(OS(=O)(=O)c2ccc(C)cc2)C(=N)N)c(Cl)c(OC)c1OC. The van der Waals surface area contributed by atoms with Gasteiger partial charge in [0.2, 0.25) is 11.7 Å². The molecule has 2 aromatic carbocycles. The molecule has 0 amide bonds. The zero-order valence-electron chi connectivity index (χ0n) is 16.7. The molecule has 2 rings (SSSR count). The molecule has 0 aliphatic heterocycles. The monoisotopic (exact) mass is 456 g/mol. The van der Waals surface area contributed by atoms with E-state index < -0.39 is 16.1 Å². The van der Waals surface area contributed by atoms with E-state index in [1.807, 2.05) is 6.92 Å². The summed E-state index contributed by atoms with van der Waals surface area (Å²) in [6.45, 7) is 1.81. The Morgan fingerprint density at radius 2 is 1.73 bits per heavy atom. The minimum atomic E-state index is -4.28. The highest BCUT2D eigenvalue weighted by Gasteiger charge is 2.22. The molecule has 0 saturated carbocycles. The van der Waals surface area contributed by atoms with Gasteiger partial charge in [-0.1, -0.05) is 34.5 Å². The Kier molecular flexibility index (Phi) is 7.48. The van der Waals surface area contributed by atoms with E-state index >= 15 is 0 Å². The van der Waals surface area contributed by atoms with E-state index in [1.165, 1.54) is 39.5 Å². The highest BCUT2D eigenvalue weighted by molar-refractivity contribution is 7.86. The van der Waals surface area contributed by atoms with Crippen LogP contribution in [-0.4, -0.2) is 47.1 Å². The van der Waals surface area contributed by atoms with Crippen molar-refractivity contribution in [2.24, 2.45) is 10.8 Å². The third-order valence-electron chi connectivity index (χ3n) is 3.78. The lowest BCUT2D eigenvalue weighted by Crippen LogP contribution is -2.34. The van der Waals surface area contributed by atoms with Crippen molar-refractivity contribution < 1.29 is 26.9 Å². The second-order valence-corrected chi connectivity index (χ2v) is 7.70. The number of halogens is 1. The molecule has 0 fully saturated rings. The predicted octanol–water partition coefficient (Wildman–Crippen LogP) is 2.52. The van der Waals surface area contributed by atoms with Crippen molar-refractivity contribution in [2.45, 2.75) is 11.8 Å². The van der Waals surface area contributed by atoms with Crippen LogP contribution in [0.25, 0.3) is 0 Å². The van der Waals surface area contributed by atoms with Gasteiger partial charge in [-0.05, 0) is 25.1 Å². The predicted molar refractivity (Wildman–Crippen MR) is 112 cm³/mol. The largest absolute Gasteiger partial charge is 0.493 e. The van der Waals surface area contributed by atoms with Gasteiger partial charge in [0.15, 0.2) is 11.5 Å². The third-order valence-corrected chi connectivity index (χ3v) is 5.36. The lowest BCUT2D eigenvalue weighted by molar-refractivity contribution is 0.0284. The van der Waals surface area contributed by atoms with Crippen LogP contribution in [0.3, 0.4) is 0 Å². The number of rotatable bonds is 8. The molecule has 12 heteroatoms. The van der Waals surface area contributed by atoms with Crippen molar-refractivity contribution in [2.75, 3.05) is 21.3 Å². The Morgan fingerprint density at radius 1 is 1.13 bits per heavy atom. The molecule has 0 bridgehead atoms. The van der Waals surface area contributed by atoms with Crippen molar-refractivity contribution in [3.8, 4) is 17.2 Å². The number of hydrogen-bond donors (Lipinski definition) is 2. The first-order chi connectivity index (χ1) is 14.1. The number of hydroxylamine groups is 1. The van der Waals surface area contributed by atoms with E-state index in [9.17, 15) is 8.42 Å². The summed E-state index contributed by atoms with van der Waals surface area (Å²) < 4.78 is 45.5. The summed E-state index contributed by atoms with van der Waals surface area (Å²) in [6, 6.07) is 7.42. The Balaban J connectivity index is 2.40. The van der Waals surface area contributed by atoms with Crippen molar-refractivity contribution in [3.63, 3.8) is 0 Å². The standard InChI is InChI=1S/C18H21ClN4O6S/c1-11-5-7-13(8-6-11)30(24,25)29-23(18(20)21)22-10-12-9-14(26-2)16(27-3)17(28-4)15(12)19/h5-10H,1-4H3,(H3,20,21). The van der Waals surface area contributed by atoms with Crippen LogP contribution < -0.4 is 19.9 Å². The average molecular weight is 457 g/mol. The van der Waals surface area contributed by atoms with E-state index in [4.69, 9.17) is 41.2 Å². The molecular weight excluding hydrogens is 436 g/mol. The average Bonchev–Trinajstić information content (AvgIpc) is 2.71. The van der Waals surface area contributed by atoms with Gasteiger partial charge in [-0.2, -0.15) is 8.42 Å². The second-order valence-electron chi connectivity index (χ2n) is 5.79. The number of hydrazone groups is 1. The maximum Gasteiger partial charge on any atom is 0.319 e. The number of nitrogens with one attached hydrogen (secondary N) is 1. The summed E-state index contributed by atoms with van der Waals surface area (Å²) >= 11 is 6.31. The molecule has 0 saturated heterocycles. The Labute approximate surface area is 179 Å². The Hall–Kier alpha value is -3.02. The molecule has 2 aromatic rings. The van der Waals surface area contributed by atoms with Crippen molar-refractivity contribution in [3.05, 3.63) is 46.5 Å². The number of nitrogens with zero attached hydrogens (tertiary/aromatic N) is 2. The molecule has 0 heterocycles. The van der Waals surface area contributed by atoms with Gasteiger partial charge in [0, 0.05) is 5.56 Å². The lowest BCUT2D eigenvalue weighted by Gasteiger charge is -2.17. The molecule has 0 radical (unpaired) electrons. The first-order valence-corrected chi connectivity index (χ1v) is 10.1. The minimum absolute atomic E-state index is 0.115. The number of guanidine groups is 1. The number of ether oxygens (including phenoxy) is 3. The van der Waals surface area contributed by atoms with Crippen LogP contribution in [0.4, 0.5) is 0 Å². The number of methoxy groups -OCH3 is 3. The fourth-order valence-corrected chi connectivity index (χ4v) is 3.44. The molecule has 30 heavy (non-hydrogen) atoms. The minimum Gasteiger partial charge on any atom is -0.493 e. The molecule has 0 aliphatic carbocycles. The summed E-state index contributed by atoms with van der Waals surface area (Å²) in [5.74, 6) is -0.0282. The smallest absolute Gasteiger partial charge is 0.319 e. The fraction of sp³-hybridized carbons (Fsp3) is 0.222. The van der Waals surface area contributed by atoms with Crippen LogP contribution in [0, 0.1) is 12.3 Å². The number of aryl methyl sites for hydroxylation is 1.